The SMILES string of the molecule is COc1cc(OC)cc(OCCNC(=O)NCCc2cccc(Cl)c2)c1. The van der Waals surface area contributed by atoms with Crippen molar-refractivity contribution in [1.82, 2.24) is 10.6 Å². The highest BCUT2D eigenvalue weighted by Gasteiger charge is 2.04. The van der Waals surface area contributed by atoms with Crippen LogP contribution in [0.2, 0.25) is 5.02 Å². The van der Waals surface area contributed by atoms with Gasteiger partial charge in [0.2, 0.25) is 0 Å². The molecule has 0 fully saturated rings. The Hall–Kier alpha value is -2.60. The van der Waals surface area contributed by atoms with E-state index in [2.05, 4.69) is 10.6 Å². The maximum absolute atomic E-state index is 11.8. The Morgan fingerprint density at radius 1 is 0.962 bits per heavy atom. The predicted molar refractivity (Wildman–Crippen MR) is 102 cm³/mol. The van der Waals surface area contributed by atoms with Crippen molar-refractivity contribution >= 4 is 17.6 Å². The smallest absolute Gasteiger partial charge is 0.314 e. The van der Waals surface area contributed by atoms with Crippen LogP contribution in [0.3, 0.4) is 0 Å². The van der Waals surface area contributed by atoms with Gasteiger partial charge in [-0.3, -0.25) is 0 Å². The Bertz CT molecular complexity index is 702. The average Bonchev–Trinajstić information content (AvgIpc) is 2.65. The summed E-state index contributed by atoms with van der Waals surface area (Å²) in [5.74, 6) is 1.90. The molecule has 2 aromatic carbocycles. The third kappa shape index (κ3) is 6.72. The first kappa shape index (κ1) is 19.7. The van der Waals surface area contributed by atoms with Crippen LogP contribution < -0.4 is 24.8 Å². The molecule has 0 aliphatic rings. The molecule has 6 nitrogen and oxygen atoms in total. The van der Waals surface area contributed by atoms with Crippen molar-refractivity contribution in [1.29, 1.82) is 0 Å². The van der Waals surface area contributed by atoms with Crippen LogP contribution in [0.4, 0.5) is 4.79 Å². The molecule has 0 heterocycles. The zero-order valence-electron chi connectivity index (χ0n) is 14.9. The van der Waals surface area contributed by atoms with Crippen molar-refractivity contribution in [3.8, 4) is 17.2 Å². The molecule has 2 rings (SSSR count). The number of hydrogen-bond acceptors (Lipinski definition) is 4. The predicted octanol–water partition coefficient (Wildman–Crippen LogP) is 3.28. The molecule has 2 aromatic rings. The van der Waals surface area contributed by atoms with Crippen molar-refractivity contribution in [3.05, 3.63) is 53.1 Å². The highest BCUT2D eigenvalue weighted by molar-refractivity contribution is 6.30. The summed E-state index contributed by atoms with van der Waals surface area (Å²) in [6, 6.07) is 12.6. The van der Waals surface area contributed by atoms with Crippen LogP contribution in [0.1, 0.15) is 5.56 Å². The number of nitrogens with one attached hydrogen (secondary N) is 2. The molecule has 0 aliphatic heterocycles. The number of rotatable bonds is 9. The number of methoxy groups -OCH3 is 2. The van der Waals surface area contributed by atoms with Gasteiger partial charge < -0.3 is 24.8 Å². The number of carbonyl (C=O) groups is 1. The summed E-state index contributed by atoms with van der Waals surface area (Å²) in [5, 5.41) is 6.23. The molecule has 0 bridgehead atoms. The largest absolute Gasteiger partial charge is 0.496 e. The van der Waals surface area contributed by atoms with Gasteiger partial charge in [0.25, 0.3) is 0 Å². The van der Waals surface area contributed by atoms with E-state index in [0.717, 1.165) is 5.56 Å². The summed E-state index contributed by atoms with van der Waals surface area (Å²) in [4.78, 5) is 11.8. The highest BCUT2D eigenvalue weighted by atomic mass is 35.5. The molecular weight excluding hydrogens is 356 g/mol. The molecular formula is C19H23ClN2O4. The quantitative estimate of drug-likeness (QED) is 0.657. The van der Waals surface area contributed by atoms with Crippen LogP contribution in [0.15, 0.2) is 42.5 Å². The van der Waals surface area contributed by atoms with E-state index in [1.165, 1.54) is 0 Å². The second-order valence-electron chi connectivity index (χ2n) is 5.46. The Balaban J connectivity index is 1.65. The van der Waals surface area contributed by atoms with Gasteiger partial charge in [-0.2, -0.15) is 0 Å². The number of urea groups is 1. The van der Waals surface area contributed by atoms with Gasteiger partial charge in [0, 0.05) is 29.8 Å². The third-order valence-corrected chi connectivity index (χ3v) is 3.80. The fourth-order valence-corrected chi connectivity index (χ4v) is 2.49. The van der Waals surface area contributed by atoms with E-state index in [1.54, 1.807) is 32.4 Å². The lowest BCUT2D eigenvalue weighted by molar-refractivity contribution is 0.236. The molecule has 2 N–H and O–H groups in total. The maximum atomic E-state index is 11.8. The number of halogens is 1. The summed E-state index contributed by atoms with van der Waals surface area (Å²) < 4.78 is 16.0. The molecule has 0 unspecified atom stereocenters. The van der Waals surface area contributed by atoms with Crippen molar-refractivity contribution < 1.29 is 19.0 Å². The minimum atomic E-state index is -0.237. The number of ether oxygens (including phenoxy) is 3. The van der Waals surface area contributed by atoms with Crippen LogP contribution in [0.5, 0.6) is 17.2 Å². The minimum Gasteiger partial charge on any atom is -0.496 e. The summed E-state index contributed by atoms with van der Waals surface area (Å²) in [6.07, 6.45) is 0.716. The van der Waals surface area contributed by atoms with Gasteiger partial charge in [-0.15, -0.1) is 0 Å². The number of amides is 2. The first-order valence-electron chi connectivity index (χ1n) is 8.22. The Labute approximate surface area is 158 Å². The second kappa shape index (κ2) is 10.4. The fraction of sp³-hybridized carbons (Fsp3) is 0.316. The third-order valence-electron chi connectivity index (χ3n) is 3.57. The van der Waals surface area contributed by atoms with Crippen molar-refractivity contribution in [3.63, 3.8) is 0 Å². The summed E-state index contributed by atoms with van der Waals surface area (Å²) >= 11 is 5.93. The lowest BCUT2D eigenvalue weighted by Gasteiger charge is -2.11. The van der Waals surface area contributed by atoms with E-state index < -0.39 is 0 Å². The zero-order valence-corrected chi connectivity index (χ0v) is 15.6. The van der Waals surface area contributed by atoms with E-state index in [4.69, 9.17) is 25.8 Å². The Morgan fingerprint density at radius 3 is 2.27 bits per heavy atom. The van der Waals surface area contributed by atoms with Gasteiger partial charge >= 0.3 is 6.03 Å². The van der Waals surface area contributed by atoms with Gasteiger partial charge in [-0.05, 0) is 24.1 Å². The van der Waals surface area contributed by atoms with E-state index in [1.807, 2.05) is 24.3 Å². The maximum Gasteiger partial charge on any atom is 0.314 e. The minimum absolute atomic E-state index is 0.237. The molecule has 140 valence electrons. The van der Waals surface area contributed by atoms with Crippen LogP contribution in [-0.2, 0) is 6.42 Å². The summed E-state index contributed by atoms with van der Waals surface area (Å²) in [5.41, 5.74) is 1.08. The summed E-state index contributed by atoms with van der Waals surface area (Å²) in [6.45, 7) is 1.24. The van der Waals surface area contributed by atoms with Crippen molar-refractivity contribution in [2.45, 2.75) is 6.42 Å². The zero-order chi connectivity index (χ0) is 18.8. The Kier molecular flexibility index (Phi) is 7.89. The molecule has 0 saturated carbocycles. The first-order chi connectivity index (χ1) is 12.6. The standard InChI is InChI=1S/C19H23ClN2O4/c1-24-16-11-17(25-2)13-18(12-16)26-9-8-22-19(23)21-7-6-14-4-3-5-15(20)10-14/h3-5,10-13H,6-9H2,1-2H3,(H2,21,22,23). The first-order valence-corrected chi connectivity index (χ1v) is 8.60. The highest BCUT2D eigenvalue weighted by Crippen LogP contribution is 2.27. The van der Waals surface area contributed by atoms with Crippen LogP contribution >= 0.6 is 11.6 Å². The molecule has 26 heavy (non-hydrogen) atoms. The topological polar surface area (TPSA) is 68.8 Å². The molecule has 2 amide bonds. The van der Waals surface area contributed by atoms with Crippen molar-refractivity contribution in [2.75, 3.05) is 33.9 Å². The Morgan fingerprint density at radius 2 is 1.62 bits per heavy atom. The van der Waals surface area contributed by atoms with Gasteiger partial charge in [-0.25, -0.2) is 4.79 Å². The number of hydrogen-bond donors (Lipinski definition) is 2. The fourth-order valence-electron chi connectivity index (χ4n) is 2.27. The van der Waals surface area contributed by atoms with Crippen LogP contribution in [0, 0.1) is 0 Å². The molecule has 0 spiro atoms. The summed E-state index contributed by atoms with van der Waals surface area (Å²) in [7, 11) is 3.15. The molecule has 0 aromatic heterocycles. The van der Waals surface area contributed by atoms with E-state index in [0.29, 0.717) is 48.4 Å². The molecule has 0 aliphatic carbocycles. The van der Waals surface area contributed by atoms with Gasteiger partial charge in [0.1, 0.15) is 23.9 Å². The molecule has 0 atom stereocenters. The van der Waals surface area contributed by atoms with E-state index in [9.17, 15) is 4.79 Å². The average molecular weight is 379 g/mol. The van der Waals surface area contributed by atoms with Gasteiger partial charge in [0.05, 0.1) is 20.8 Å². The van der Waals surface area contributed by atoms with Crippen molar-refractivity contribution in [2.24, 2.45) is 0 Å². The molecule has 7 heteroatoms. The normalized spacial score (nSPS) is 10.1. The second-order valence-corrected chi connectivity index (χ2v) is 5.90. The number of benzene rings is 2. The lowest BCUT2D eigenvalue weighted by atomic mass is 10.1. The lowest BCUT2D eigenvalue weighted by Crippen LogP contribution is -2.38. The van der Waals surface area contributed by atoms with Gasteiger partial charge in [-0.1, -0.05) is 23.7 Å². The van der Waals surface area contributed by atoms with E-state index in [-0.39, 0.29) is 6.03 Å². The number of carbonyl (C=O) groups excluding carboxylic acids is 1. The molecule has 0 radical (unpaired) electrons. The monoisotopic (exact) mass is 378 g/mol. The van der Waals surface area contributed by atoms with Gasteiger partial charge in [0.15, 0.2) is 0 Å². The van der Waals surface area contributed by atoms with E-state index >= 15 is 0 Å². The van der Waals surface area contributed by atoms with Crippen LogP contribution in [0.25, 0.3) is 0 Å². The molecule has 0 saturated heterocycles. The van der Waals surface area contributed by atoms with Crippen LogP contribution in [-0.4, -0.2) is 39.9 Å².